The zero-order valence-corrected chi connectivity index (χ0v) is 17.2. The van der Waals surface area contributed by atoms with Crippen LogP contribution in [0.2, 0.25) is 0 Å². The Bertz CT molecular complexity index is 904. The maximum atomic E-state index is 12.3. The summed E-state index contributed by atoms with van der Waals surface area (Å²) in [6.07, 6.45) is 1.45. The van der Waals surface area contributed by atoms with E-state index in [9.17, 15) is 9.59 Å². The highest BCUT2D eigenvalue weighted by Gasteiger charge is 2.38. The van der Waals surface area contributed by atoms with Gasteiger partial charge in [-0.3, -0.25) is 14.6 Å². The van der Waals surface area contributed by atoms with Gasteiger partial charge in [0, 0.05) is 17.9 Å². The fraction of sp³-hybridized carbons (Fsp3) is 0.429. The number of anilines is 1. The van der Waals surface area contributed by atoms with Crippen LogP contribution in [0.15, 0.2) is 39.6 Å². The molecule has 1 aromatic carbocycles. The number of rotatable bonds is 7. The van der Waals surface area contributed by atoms with Crippen molar-refractivity contribution >= 4 is 29.6 Å². The minimum Gasteiger partial charge on any atom is -0.465 e. The predicted molar refractivity (Wildman–Crippen MR) is 111 cm³/mol. The highest BCUT2D eigenvalue weighted by atomic mass is 16.5. The lowest BCUT2D eigenvalue weighted by Gasteiger charge is -2.22. The zero-order valence-electron chi connectivity index (χ0n) is 17.2. The van der Waals surface area contributed by atoms with Crippen LogP contribution in [0.1, 0.15) is 36.7 Å². The van der Waals surface area contributed by atoms with E-state index in [2.05, 4.69) is 15.4 Å². The monoisotopic (exact) mass is 398 g/mol. The number of hydrogen-bond donors (Lipinski definition) is 1. The number of ether oxygens (including phenoxy) is 2. The Balaban J connectivity index is 1.86. The number of aliphatic imine (C=N–C) groups is 1. The van der Waals surface area contributed by atoms with E-state index in [1.165, 1.54) is 6.34 Å². The van der Waals surface area contributed by atoms with Gasteiger partial charge in [0.25, 0.3) is 0 Å². The fourth-order valence-electron chi connectivity index (χ4n) is 3.31. The molecule has 0 radical (unpaired) electrons. The SMILES string of the molecule is CCOCC(=O)c1ccc(C)c(NC2=NC=NN3CC(C(=O)OCC)C(C)=C23)c1. The zero-order chi connectivity index (χ0) is 21.0. The molecule has 1 unspecified atom stereocenters. The van der Waals surface area contributed by atoms with Gasteiger partial charge in [-0.1, -0.05) is 12.1 Å². The van der Waals surface area contributed by atoms with E-state index < -0.39 is 0 Å². The van der Waals surface area contributed by atoms with Crippen molar-refractivity contribution in [2.75, 3.05) is 31.7 Å². The first kappa shape index (κ1) is 20.7. The lowest BCUT2D eigenvalue weighted by Crippen LogP contribution is -2.29. The summed E-state index contributed by atoms with van der Waals surface area (Å²) in [7, 11) is 0. The molecule has 154 valence electrons. The normalized spacial score (nSPS) is 17.9. The molecule has 1 aromatic rings. The van der Waals surface area contributed by atoms with Crippen molar-refractivity contribution in [3.05, 3.63) is 40.6 Å². The van der Waals surface area contributed by atoms with Gasteiger partial charge < -0.3 is 14.8 Å². The third-order valence-electron chi connectivity index (χ3n) is 4.93. The average Bonchev–Trinajstić information content (AvgIpc) is 3.05. The number of Topliss-reactive ketones (excluding diaryl/α,β-unsaturated/α-hetero) is 1. The van der Waals surface area contributed by atoms with Crippen molar-refractivity contribution in [2.45, 2.75) is 27.7 Å². The number of nitrogens with zero attached hydrogens (tertiary/aromatic N) is 3. The van der Waals surface area contributed by atoms with Crippen LogP contribution in [0, 0.1) is 12.8 Å². The quantitative estimate of drug-likeness (QED) is 0.561. The van der Waals surface area contributed by atoms with Crippen molar-refractivity contribution in [1.82, 2.24) is 5.01 Å². The van der Waals surface area contributed by atoms with E-state index in [0.29, 0.717) is 31.2 Å². The average molecular weight is 398 g/mol. The number of carbonyl (C=O) groups excluding carboxylic acids is 2. The lowest BCUT2D eigenvalue weighted by molar-refractivity contribution is -0.146. The van der Waals surface area contributed by atoms with Crippen LogP contribution < -0.4 is 5.32 Å². The predicted octanol–water partition coefficient (Wildman–Crippen LogP) is 2.75. The first-order valence-electron chi connectivity index (χ1n) is 9.70. The van der Waals surface area contributed by atoms with Crippen LogP contribution in [0.25, 0.3) is 0 Å². The van der Waals surface area contributed by atoms with Gasteiger partial charge in [-0.2, -0.15) is 5.10 Å². The van der Waals surface area contributed by atoms with Crippen LogP contribution >= 0.6 is 0 Å². The Morgan fingerprint density at radius 2 is 2.03 bits per heavy atom. The molecule has 1 atom stereocenters. The second kappa shape index (κ2) is 9.00. The van der Waals surface area contributed by atoms with Gasteiger partial charge in [-0.05, 0) is 44.9 Å². The lowest BCUT2D eigenvalue weighted by atomic mass is 10.0. The number of aryl methyl sites for hydroxylation is 1. The van der Waals surface area contributed by atoms with Crippen molar-refractivity contribution in [3.8, 4) is 0 Å². The number of ketones is 1. The number of fused-ring (bicyclic) bond motifs is 1. The van der Waals surface area contributed by atoms with Gasteiger partial charge in [0.15, 0.2) is 11.6 Å². The molecule has 8 nitrogen and oxygen atoms in total. The summed E-state index contributed by atoms with van der Waals surface area (Å²) >= 11 is 0. The molecule has 2 aliphatic heterocycles. The molecule has 1 N–H and O–H groups in total. The maximum Gasteiger partial charge on any atom is 0.315 e. The molecule has 2 aliphatic rings. The minimum absolute atomic E-state index is 0.0475. The van der Waals surface area contributed by atoms with E-state index in [-0.39, 0.29) is 24.3 Å². The molecule has 0 spiro atoms. The molecule has 2 heterocycles. The molecule has 0 aliphatic carbocycles. The molecule has 0 amide bonds. The highest BCUT2D eigenvalue weighted by molar-refractivity contribution is 6.13. The van der Waals surface area contributed by atoms with E-state index in [1.54, 1.807) is 24.1 Å². The summed E-state index contributed by atoms with van der Waals surface area (Å²) < 4.78 is 10.4. The van der Waals surface area contributed by atoms with Crippen LogP contribution in [0.5, 0.6) is 0 Å². The Morgan fingerprint density at radius 1 is 1.24 bits per heavy atom. The second-order valence-electron chi connectivity index (χ2n) is 6.84. The molecule has 0 saturated heterocycles. The molecule has 0 fully saturated rings. The van der Waals surface area contributed by atoms with Crippen LogP contribution in [-0.2, 0) is 14.3 Å². The number of esters is 1. The fourth-order valence-corrected chi connectivity index (χ4v) is 3.31. The first-order chi connectivity index (χ1) is 14.0. The van der Waals surface area contributed by atoms with E-state index >= 15 is 0 Å². The van der Waals surface area contributed by atoms with Gasteiger partial charge in [-0.25, -0.2) is 4.99 Å². The highest BCUT2D eigenvalue weighted by Crippen LogP contribution is 2.32. The van der Waals surface area contributed by atoms with E-state index in [4.69, 9.17) is 9.47 Å². The molecule has 3 rings (SSSR count). The van der Waals surface area contributed by atoms with Crippen molar-refractivity contribution in [1.29, 1.82) is 0 Å². The Morgan fingerprint density at radius 3 is 2.76 bits per heavy atom. The smallest absolute Gasteiger partial charge is 0.315 e. The first-order valence-corrected chi connectivity index (χ1v) is 9.70. The largest absolute Gasteiger partial charge is 0.465 e. The number of nitrogens with one attached hydrogen (secondary N) is 1. The number of hydrogen-bond acceptors (Lipinski definition) is 8. The minimum atomic E-state index is -0.382. The van der Waals surface area contributed by atoms with Crippen molar-refractivity contribution in [3.63, 3.8) is 0 Å². The van der Waals surface area contributed by atoms with Gasteiger partial charge in [0.2, 0.25) is 0 Å². The molecule has 0 saturated carbocycles. The summed E-state index contributed by atoms with van der Waals surface area (Å²) in [6, 6.07) is 5.46. The number of benzene rings is 1. The standard InChI is InChI=1S/C21H26N4O4/c1-5-28-11-18(26)15-8-7-13(3)17(9-15)24-20-19-14(4)16(21(27)29-6-2)10-25(19)23-12-22-20/h7-9,12,16H,5-6,10-11H2,1-4H3,(H,22,23,24). The molecule has 0 bridgehead atoms. The maximum absolute atomic E-state index is 12.3. The van der Waals surface area contributed by atoms with Gasteiger partial charge in [0.1, 0.15) is 18.6 Å². The molecule has 0 aromatic heterocycles. The van der Waals surface area contributed by atoms with Gasteiger partial charge in [-0.15, -0.1) is 0 Å². The molecular weight excluding hydrogens is 372 g/mol. The number of amidine groups is 1. The van der Waals surface area contributed by atoms with Crippen LogP contribution in [0.3, 0.4) is 0 Å². The van der Waals surface area contributed by atoms with Gasteiger partial charge in [0.05, 0.1) is 19.1 Å². The summed E-state index contributed by atoms with van der Waals surface area (Å²) in [5, 5.41) is 9.34. The summed E-state index contributed by atoms with van der Waals surface area (Å²) in [4.78, 5) is 29.0. The van der Waals surface area contributed by atoms with Gasteiger partial charge >= 0.3 is 5.97 Å². The second-order valence-corrected chi connectivity index (χ2v) is 6.84. The van der Waals surface area contributed by atoms with E-state index in [1.807, 2.05) is 26.8 Å². The van der Waals surface area contributed by atoms with E-state index in [0.717, 1.165) is 22.5 Å². The van der Waals surface area contributed by atoms with Crippen molar-refractivity contribution < 1.29 is 19.1 Å². The summed E-state index contributed by atoms with van der Waals surface area (Å²) in [5.41, 5.74) is 3.91. The molecule has 29 heavy (non-hydrogen) atoms. The number of carbonyl (C=O) groups is 2. The molecule has 8 heteroatoms. The van der Waals surface area contributed by atoms with Crippen molar-refractivity contribution in [2.24, 2.45) is 16.0 Å². The van der Waals surface area contributed by atoms with Crippen LogP contribution in [0.4, 0.5) is 5.69 Å². The summed E-state index contributed by atoms with van der Waals surface area (Å²) in [6.45, 7) is 8.78. The topological polar surface area (TPSA) is 92.6 Å². The third-order valence-corrected chi connectivity index (χ3v) is 4.93. The number of hydrazone groups is 1. The third kappa shape index (κ3) is 4.37. The Kier molecular flexibility index (Phi) is 6.43. The summed E-state index contributed by atoms with van der Waals surface area (Å²) in [5.74, 6) is -0.141. The Labute approximate surface area is 170 Å². The Hall–Kier alpha value is -3.00. The molecular formula is C21H26N4O4. The van der Waals surface area contributed by atoms with Crippen LogP contribution in [-0.4, -0.2) is 55.3 Å².